The Kier molecular flexibility index (Phi) is 6.07. The Hall–Kier alpha value is -1.28. The van der Waals surface area contributed by atoms with E-state index in [0.29, 0.717) is 28.3 Å². The van der Waals surface area contributed by atoms with Gasteiger partial charge in [0.2, 0.25) is 0 Å². The summed E-state index contributed by atoms with van der Waals surface area (Å²) in [7, 11) is 0. The highest BCUT2D eigenvalue weighted by molar-refractivity contribution is 14.1. The Labute approximate surface area is 150 Å². The molecule has 2 aromatic carbocycles. The molecule has 0 heterocycles. The van der Waals surface area contributed by atoms with Crippen molar-refractivity contribution >= 4 is 44.5 Å². The molecule has 0 spiro atoms. The molecule has 0 saturated carbocycles. The normalized spacial score (nSPS) is 10.3. The fraction of sp³-hybridized carbons (Fsp3) is 0.188. The fourth-order valence-electron chi connectivity index (χ4n) is 1.83. The number of hydrogen-bond acceptors (Lipinski definition) is 3. The van der Waals surface area contributed by atoms with E-state index < -0.39 is 5.97 Å². The van der Waals surface area contributed by atoms with Crippen molar-refractivity contribution in [3.05, 3.63) is 55.6 Å². The fourth-order valence-corrected chi connectivity index (χ4v) is 2.85. The molecule has 0 aromatic heterocycles. The first-order valence-corrected chi connectivity index (χ1v) is 8.45. The molecule has 0 aliphatic heterocycles. The summed E-state index contributed by atoms with van der Waals surface area (Å²) >= 11 is 5.45. The van der Waals surface area contributed by atoms with Crippen molar-refractivity contribution in [1.82, 2.24) is 0 Å². The second-order valence-corrected chi connectivity index (χ2v) is 6.52. The van der Waals surface area contributed by atoms with Crippen molar-refractivity contribution in [2.45, 2.75) is 13.5 Å². The number of halogens is 2. The Morgan fingerprint density at radius 1 is 1.23 bits per heavy atom. The van der Waals surface area contributed by atoms with Crippen molar-refractivity contribution in [2.75, 3.05) is 6.61 Å². The highest BCUT2D eigenvalue weighted by atomic mass is 127. The van der Waals surface area contributed by atoms with E-state index >= 15 is 0 Å². The average molecular weight is 477 g/mol. The van der Waals surface area contributed by atoms with Crippen LogP contribution in [0.4, 0.5) is 0 Å². The lowest BCUT2D eigenvalue weighted by molar-refractivity contribution is 0.0696. The standard InChI is InChI=1S/C16H14BrIO4/c1-2-21-14-8-11(16(19)20)7-13(18)15(14)22-9-10-3-5-12(17)6-4-10/h3-8H,2,9H2,1H3,(H,19,20). The Balaban J connectivity index is 2.25. The van der Waals surface area contributed by atoms with E-state index in [0.717, 1.165) is 10.0 Å². The van der Waals surface area contributed by atoms with Crippen LogP contribution in [0.5, 0.6) is 11.5 Å². The summed E-state index contributed by atoms with van der Waals surface area (Å²) in [4.78, 5) is 11.1. The molecule has 2 rings (SSSR count). The minimum atomic E-state index is -0.988. The third kappa shape index (κ3) is 4.36. The van der Waals surface area contributed by atoms with Crippen molar-refractivity contribution in [1.29, 1.82) is 0 Å². The third-order valence-electron chi connectivity index (χ3n) is 2.85. The molecule has 22 heavy (non-hydrogen) atoms. The number of aromatic carboxylic acids is 1. The van der Waals surface area contributed by atoms with Gasteiger partial charge in [-0.15, -0.1) is 0 Å². The molecule has 4 nitrogen and oxygen atoms in total. The first kappa shape index (κ1) is 17.1. The minimum absolute atomic E-state index is 0.184. The van der Waals surface area contributed by atoms with Gasteiger partial charge in [-0.3, -0.25) is 0 Å². The first-order valence-electron chi connectivity index (χ1n) is 6.58. The molecule has 0 atom stereocenters. The zero-order valence-electron chi connectivity index (χ0n) is 11.8. The van der Waals surface area contributed by atoms with Crippen LogP contribution in [0.2, 0.25) is 0 Å². The second kappa shape index (κ2) is 7.82. The maximum atomic E-state index is 11.1. The van der Waals surface area contributed by atoms with E-state index in [1.54, 1.807) is 6.07 Å². The van der Waals surface area contributed by atoms with Gasteiger partial charge in [-0.25, -0.2) is 4.79 Å². The number of carboxylic acid groups (broad SMARTS) is 1. The van der Waals surface area contributed by atoms with Crippen LogP contribution in [0.1, 0.15) is 22.8 Å². The summed E-state index contributed by atoms with van der Waals surface area (Å²) in [6.07, 6.45) is 0. The summed E-state index contributed by atoms with van der Waals surface area (Å²) in [5.41, 5.74) is 1.20. The predicted molar refractivity (Wildman–Crippen MR) is 95.8 cm³/mol. The predicted octanol–water partition coefficient (Wildman–Crippen LogP) is 4.73. The number of hydrogen-bond donors (Lipinski definition) is 1. The van der Waals surface area contributed by atoms with Crippen molar-refractivity contribution in [2.24, 2.45) is 0 Å². The van der Waals surface area contributed by atoms with E-state index in [-0.39, 0.29) is 5.56 Å². The molecule has 0 aliphatic rings. The summed E-state index contributed by atoms with van der Waals surface area (Å²) in [6.45, 7) is 2.67. The van der Waals surface area contributed by atoms with Gasteiger partial charge in [0.05, 0.1) is 15.7 Å². The average Bonchev–Trinajstić information content (AvgIpc) is 2.48. The molecule has 0 unspecified atom stereocenters. The Bertz CT molecular complexity index is 671. The van der Waals surface area contributed by atoms with Gasteiger partial charge in [0.25, 0.3) is 0 Å². The molecule has 6 heteroatoms. The van der Waals surface area contributed by atoms with Crippen LogP contribution in [-0.4, -0.2) is 17.7 Å². The number of ether oxygens (including phenoxy) is 2. The quantitative estimate of drug-likeness (QED) is 0.612. The van der Waals surface area contributed by atoms with E-state index in [4.69, 9.17) is 14.6 Å². The van der Waals surface area contributed by atoms with Gasteiger partial charge >= 0.3 is 5.97 Å². The topological polar surface area (TPSA) is 55.8 Å². The van der Waals surface area contributed by atoms with Crippen molar-refractivity contribution in [3.63, 3.8) is 0 Å². The van der Waals surface area contributed by atoms with Gasteiger partial charge in [-0.05, 0) is 59.3 Å². The molecule has 0 saturated heterocycles. The van der Waals surface area contributed by atoms with E-state index in [1.165, 1.54) is 6.07 Å². The second-order valence-electron chi connectivity index (χ2n) is 4.44. The zero-order chi connectivity index (χ0) is 16.1. The monoisotopic (exact) mass is 476 g/mol. The SMILES string of the molecule is CCOc1cc(C(=O)O)cc(I)c1OCc1ccc(Br)cc1. The summed E-state index contributed by atoms with van der Waals surface area (Å²) in [5, 5.41) is 9.12. The molecule has 0 aliphatic carbocycles. The molecule has 116 valence electrons. The number of carbonyl (C=O) groups is 1. The van der Waals surface area contributed by atoms with Crippen molar-refractivity contribution in [3.8, 4) is 11.5 Å². The number of carboxylic acids is 1. The smallest absolute Gasteiger partial charge is 0.335 e. The molecular weight excluding hydrogens is 463 g/mol. The lowest BCUT2D eigenvalue weighted by Gasteiger charge is -2.14. The van der Waals surface area contributed by atoms with Gasteiger partial charge in [0, 0.05) is 4.47 Å². The van der Waals surface area contributed by atoms with Gasteiger partial charge < -0.3 is 14.6 Å². The Morgan fingerprint density at radius 2 is 1.91 bits per heavy atom. The van der Waals surface area contributed by atoms with Crippen molar-refractivity contribution < 1.29 is 19.4 Å². The molecule has 0 amide bonds. The molecule has 1 N–H and O–H groups in total. The van der Waals surface area contributed by atoms with E-state index in [2.05, 4.69) is 38.5 Å². The Morgan fingerprint density at radius 3 is 2.50 bits per heavy atom. The third-order valence-corrected chi connectivity index (χ3v) is 4.18. The maximum Gasteiger partial charge on any atom is 0.335 e. The van der Waals surface area contributed by atoms with Crippen LogP contribution in [0.3, 0.4) is 0 Å². The van der Waals surface area contributed by atoms with Gasteiger partial charge in [-0.1, -0.05) is 28.1 Å². The van der Waals surface area contributed by atoms with Crippen LogP contribution in [0.25, 0.3) is 0 Å². The van der Waals surface area contributed by atoms with E-state index in [1.807, 2.05) is 31.2 Å². The minimum Gasteiger partial charge on any atom is -0.490 e. The van der Waals surface area contributed by atoms with Gasteiger partial charge in [-0.2, -0.15) is 0 Å². The summed E-state index contributed by atoms with van der Waals surface area (Å²) in [6, 6.07) is 10.9. The van der Waals surface area contributed by atoms with Crippen LogP contribution in [-0.2, 0) is 6.61 Å². The van der Waals surface area contributed by atoms with Crippen LogP contribution < -0.4 is 9.47 Å². The van der Waals surface area contributed by atoms with Gasteiger partial charge in [0.1, 0.15) is 6.61 Å². The first-order chi connectivity index (χ1) is 10.5. The molecule has 0 radical (unpaired) electrons. The van der Waals surface area contributed by atoms with Crippen LogP contribution >= 0.6 is 38.5 Å². The lowest BCUT2D eigenvalue weighted by Crippen LogP contribution is -2.04. The molecule has 0 fully saturated rings. The zero-order valence-corrected chi connectivity index (χ0v) is 15.5. The maximum absolute atomic E-state index is 11.1. The molecule has 2 aromatic rings. The number of benzene rings is 2. The molecular formula is C16H14BrIO4. The van der Waals surface area contributed by atoms with Crippen LogP contribution in [0.15, 0.2) is 40.9 Å². The summed E-state index contributed by atoms with van der Waals surface area (Å²) in [5.74, 6) is 0.0256. The van der Waals surface area contributed by atoms with E-state index in [9.17, 15) is 4.79 Å². The summed E-state index contributed by atoms with van der Waals surface area (Å²) < 4.78 is 13.1. The lowest BCUT2D eigenvalue weighted by atomic mass is 10.2. The highest BCUT2D eigenvalue weighted by Crippen LogP contribution is 2.35. The molecule has 0 bridgehead atoms. The highest BCUT2D eigenvalue weighted by Gasteiger charge is 2.15. The largest absolute Gasteiger partial charge is 0.490 e. The van der Waals surface area contributed by atoms with Crippen LogP contribution in [0, 0.1) is 3.57 Å². The number of rotatable bonds is 6. The van der Waals surface area contributed by atoms with Gasteiger partial charge in [0.15, 0.2) is 11.5 Å².